The van der Waals surface area contributed by atoms with Crippen LogP contribution in [0.25, 0.3) is 27.6 Å². The molecular weight excluding hydrogens is 370 g/mol. The van der Waals surface area contributed by atoms with Crippen LogP contribution in [0.2, 0.25) is 0 Å². The second-order valence-corrected chi connectivity index (χ2v) is 8.15. The minimum absolute atomic E-state index is 0.254. The lowest BCUT2D eigenvalue weighted by atomic mass is 10.1. The first-order chi connectivity index (χ1) is 13.1. The van der Waals surface area contributed by atoms with Gasteiger partial charge in [0.25, 0.3) is 0 Å². The molecule has 9 nitrogen and oxygen atoms in total. The van der Waals surface area contributed by atoms with Crippen LogP contribution >= 0.6 is 0 Å². The third-order valence-electron chi connectivity index (χ3n) is 4.65. The molecule has 0 atom stereocenters. The molecule has 1 saturated heterocycles. The van der Waals surface area contributed by atoms with E-state index in [1.165, 1.54) is 15.3 Å². The summed E-state index contributed by atoms with van der Waals surface area (Å²) < 4.78 is 40.0. The summed E-state index contributed by atoms with van der Waals surface area (Å²) in [5.74, 6) is 0. The smallest absolute Gasteiger partial charge is 0.243 e. The van der Waals surface area contributed by atoms with E-state index in [4.69, 9.17) is 9.15 Å². The van der Waals surface area contributed by atoms with Gasteiger partial charge in [0.15, 0.2) is 0 Å². The maximum atomic E-state index is 12.9. The zero-order valence-electron chi connectivity index (χ0n) is 14.1. The normalized spacial score (nSPS) is 16.3. The average molecular weight is 385 g/mol. The second kappa shape index (κ2) is 6.12. The van der Waals surface area contributed by atoms with E-state index in [1.807, 2.05) is 18.2 Å². The summed E-state index contributed by atoms with van der Waals surface area (Å²) in [4.78, 5) is 0.254. The second-order valence-electron chi connectivity index (χ2n) is 6.21. The minimum atomic E-state index is -3.56. The van der Waals surface area contributed by atoms with Crippen LogP contribution in [0.5, 0.6) is 0 Å². The summed E-state index contributed by atoms with van der Waals surface area (Å²) in [5.41, 5.74) is 2.02. The molecule has 0 aliphatic carbocycles. The molecule has 0 unspecified atom stereocenters. The van der Waals surface area contributed by atoms with Crippen molar-refractivity contribution in [2.24, 2.45) is 0 Å². The first-order valence-electron chi connectivity index (χ1n) is 8.40. The molecular formula is C17H15N5O4S. The number of fused-ring (bicyclic) bond motifs is 3. The van der Waals surface area contributed by atoms with Gasteiger partial charge in [-0.15, -0.1) is 5.10 Å². The molecule has 4 aromatic rings. The standard InChI is InChI=1S/C17H15N5O4S/c23-27(24,21-5-7-25-8-6-21)13-2-4-16-15(10-13)14-3-1-12(9-17(14)26-16)22-11-18-19-20-22/h1-4,9-11H,5-8H2. The van der Waals surface area contributed by atoms with Gasteiger partial charge < -0.3 is 9.15 Å². The van der Waals surface area contributed by atoms with Gasteiger partial charge in [0.1, 0.15) is 17.5 Å². The summed E-state index contributed by atoms with van der Waals surface area (Å²) in [5, 5.41) is 12.7. The van der Waals surface area contributed by atoms with Crippen LogP contribution in [0.3, 0.4) is 0 Å². The van der Waals surface area contributed by atoms with Gasteiger partial charge in [-0.3, -0.25) is 0 Å². The number of hydrogen-bond acceptors (Lipinski definition) is 7. The highest BCUT2D eigenvalue weighted by molar-refractivity contribution is 7.89. The van der Waals surface area contributed by atoms with Crippen LogP contribution in [0, 0.1) is 0 Å². The predicted molar refractivity (Wildman–Crippen MR) is 96.0 cm³/mol. The van der Waals surface area contributed by atoms with E-state index in [0.717, 1.165) is 16.5 Å². The summed E-state index contributed by atoms with van der Waals surface area (Å²) in [6.45, 7) is 1.55. The van der Waals surface area contributed by atoms with Crippen LogP contribution in [0.15, 0.2) is 52.0 Å². The largest absolute Gasteiger partial charge is 0.456 e. The zero-order valence-corrected chi connectivity index (χ0v) is 15.0. The molecule has 138 valence electrons. The number of rotatable bonds is 3. The van der Waals surface area contributed by atoms with Crippen LogP contribution in [-0.2, 0) is 14.8 Å². The fourth-order valence-electron chi connectivity index (χ4n) is 3.26. The van der Waals surface area contributed by atoms with Crippen molar-refractivity contribution in [1.82, 2.24) is 24.5 Å². The van der Waals surface area contributed by atoms with E-state index in [2.05, 4.69) is 15.5 Å². The molecule has 0 saturated carbocycles. The first-order valence-corrected chi connectivity index (χ1v) is 9.84. The molecule has 0 spiro atoms. The lowest BCUT2D eigenvalue weighted by Gasteiger charge is -2.26. The molecule has 1 fully saturated rings. The fraction of sp³-hybridized carbons (Fsp3) is 0.235. The quantitative estimate of drug-likeness (QED) is 0.527. The van der Waals surface area contributed by atoms with Crippen LogP contribution in [-0.4, -0.2) is 59.2 Å². The van der Waals surface area contributed by atoms with E-state index in [-0.39, 0.29) is 4.90 Å². The SMILES string of the molecule is O=S(=O)(c1ccc2oc3cc(-n4cnnn4)ccc3c2c1)N1CCOCC1. The molecule has 0 N–H and O–H groups in total. The molecule has 1 aliphatic rings. The number of ether oxygens (including phenoxy) is 1. The Kier molecular flexibility index (Phi) is 3.71. The Balaban J connectivity index is 1.61. The monoisotopic (exact) mass is 385 g/mol. The number of tetrazole rings is 1. The molecule has 0 amide bonds. The van der Waals surface area contributed by atoms with Crippen LogP contribution in [0.1, 0.15) is 0 Å². The minimum Gasteiger partial charge on any atom is -0.456 e. The van der Waals surface area contributed by atoms with Gasteiger partial charge in [0, 0.05) is 29.9 Å². The predicted octanol–water partition coefficient (Wildman–Crippen LogP) is 1.58. The maximum Gasteiger partial charge on any atom is 0.243 e. The van der Waals surface area contributed by atoms with Crippen molar-refractivity contribution in [3.63, 3.8) is 0 Å². The zero-order chi connectivity index (χ0) is 18.4. The first kappa shape index (κ1) is 16.4. The van der Waals surface area contributed by atoms with Crippen molar-refractivity contribution in [3.8, 4) is 5.69 Å². The Hall–Kier alpha value is -2.82. The molecule has 0 radical (unpaired) electrons. The number of furan rings is 1. The summed E-state index contributed by atoms with van der Waals surface area (Å²) in [7, 11) is -3.56. The molecule has 0 bridgehead atoms. The van der Waals surface area contributed by atoms with Crippen LogP contribution < -0.4 is 0 Å². The highest BCUT2D eigenvalue weighted by Gasteiger charge is 2.27. The summed E-state index contributed by atoms with van der Waals surface area (Å²) in [6.07, 6.45) is 1.50. The third kappa shape index (κ3) is 2.69. The van der Waals surface area contributed by atoms with Crippen molar-refractivity contribution in [2.75, 3.05) is 26.3 Å². The number of sulfonamides is 1. The van der Waals surface area contributed by atoms with E-state index < -0.39 is 10.0 Å². The average Bonchev–Trinajstić information content (AvgIpc) is 3.35. The number of benzene rings is 2. The van der Waals surface area contributed by atoms with Crippen molar-refractivity contribution < 1.29 is 17.6 Å². The van der Waals surface area contributed by atoms with Crippen molar-refractivity contribution in [2.45, 2.75) is 4.90 Å². The van der Waals surface area contributed by atoms with Crippen molar-refractivity contribution in [1.29, 1.82) is 0 Å². The van der Waals surface area contributed by atoms with Crippen molar-refractivity contribution >= 4 is 32.0 Å². The Morgan fingerprint density at radius 1 is 0.963 bits per heavy atom. The molecule has 3 heterocycles. The van der Waals surface area contributed by atoms with Gasteiger partial charge in [0.2, 0.25) is 10.0 Å². The van der Waals surface area contributed by atoms with Gasteiger partial charge in [0.05, 0.1) is 23.8 Å². The molecule has 2 aromatic heterocycles. The Labute approximate surface area is 154 Å². The fourth-order valence-corrected chi connectivity index (χ4v) is 4.70. The Bertz CT molecular complexity index is 1230. The lowest BCUT2D eigenvalue weighted by Crippen LogP contribution is -2.40. The molecule has 10 heteroatoms. The van der Waals surface area contributed by atoms with Gasteiger partial charge in [-0.25, -0.2) is 13.1 Å². The molecule has 5 rings (SSSR count). The Morgan fingerprint density at radius 3 is 2.59 bits per heavy atom. The number of morpholine rings is 1. The van der Waals surface area contributed by atoms with E-state index in [9.17, 15) is 8.42 Å². The van der Waals surface area contributed by atoms with Gasteiger partial charge in [-0.1, -0.05) is 0 Å². The number of aromatic nitrogens is 4. The third-order valence-corrected chi connectivity index (χ3v) is 6.54. The van der Waals surface area contributed by atoms with Crippen LogP contribution in [0.4, 0.5) is 0 Å². The topological polar surface area (TPSA) is 103 Å². The highest BCUT2D eigenvalue weighted by Crippen LogP contribution is 2.32. The molecule has 27 heavy (non-hydrogen) atoms. The Morgan fingerprint density at radius 2 is 1.81 bits per heavy atom. The number of nitrogens with zero attached hydrogens (tertiary/aromatic N) is 5. The highest BCUT2D eigenvalue weighted by atomic mass is 32.2. The van der Waals surface area contributed by atoms with Gasteiger partial charge >= 0.3 is 0 Å². The van der Waals surface area contributed by atoms with Gasteiger partial charge in [-0.2, -0.15) is 4.31 Å². The van der Waals surface area contributed by atoms with E-state index in [1.54, 1.807) is 18.2 Å². The lowest BCUT2D eigenvalue weighted by molar-refractivity contribution is 0.0730. The molecule has 1 aliphatic heterocycles. The van der Waals surface area contributed by atoms with Gasteiger partial charge in [-0.05, 0) is 40.8 Å². The van der Waals surface area contributed by atoms with E-state index >= 15 is 0 Å². The summed E-state index contributed by atoms with van der Waals surface area (Å²) in [6, 6.07) is 10.5. The van der Waals surface area contributed by atoms with Crippen molar-refractivity contribution in [3.05, 3.63) is 42.7 Å². The van der Waals surface area contributed by atoms with E-state index in [0.29, 0.717) is 37.5 Å². The summed E-state index contributed by atoms with van der Waals surface area (Å²) >= 11 is 0. The maximum absolute atomic E-state index is 12.9. The molecule has 2 aromatic carbocycles. The number of hydrogen-bond donors (Lipinski definition) is 0.